The highest BCUT2D eigenvalue weighted by molar-refractivity contribution is 6.75. The van der Waals surface area contributed by atoms with E-state index in [0.717, 1.165) is 0 Å². The second kappa shape index (κ2) is 15.0. The lowest BCUT2D eigenvalue weighted by Gasteiger charge is -2.44. The number of carbonyl (C=O) groups excluding carboxylic acids is 2. The standard InChI is InChI=1S/C38H62N4O8Si3/c1-24(43)46-26-19-18-20-27(47-25(2)44)29(26)30-31-34(40-22-39-30)42(23-41-31)35-33(50-53(16,17)38(9,10)11)32(49-52(14,15)37(6,7)8)28(48-35)21-45-51(12,13)36(3,4)5/h18-20,22-23,28,32-33,35H,21H2,1-17H3/t28-,32-,33-,35-/m1/s1. The molecule has 4 rings (SSSR count). The average molecular weight is 787 g/mol. The number of esters is 2. The number of aromatic nitrogens is 4. The van der Waals surface area contributed by atoms with Crippen molar-refractivity contribution >= 4 is 48.1 Å². The fraction of sp³-hybridized carbons (Fsp3) is 0.658. The quantitative estimate of drug-likeness (QED) is 0.105. The molecule has 0 saturated carbocycles. The minimum Gasteiger partial charge on any atom is -0.426 e. The minimum absolute atomic E-state index is 0.000940. The number of ether oxygens (including phenoxy) is 3. The van der Waals surface area contributed by atoms with Crippen molar-refractivity contribution in [1.29, 1.82) is 0 Å². The van der Waals surface area contributed by atoms with Gasteiger partial charge >= 0.3 is 11.9 Å². The van der Waals surface area contributed by atoms with E-state index < -0.39 is 61.4 Å². The molecule has 294 valence electrons. The molecule has 3 heterocycles. The van der Waals surface area contributed by atoms with Crippen LogP contribution in [0.25, 0.3) is 22.4 Å². The van der Waals surface area contributed by atoms with Crippen molar-refractivity contribution in [2.45, 2.75) is 155 Å². The van der Waals surface area contributed by atoms with E-state index in [-0.39, 0.29) is 26.6 Å². The van der Waals surface area contributed by atoms with Crippen LogP contribution >= 0.6 is 0 Å². The van der Waals surface area contributed by atoms with Crippen LogP contribution in [0.15, 0.2) is 30.9 Å². The number of carbonyl (C=O) groups is 2. The monoisotopic (exact) mass is 786 g/mol. The first-order valence-corrected chi connectivity index (χ1v) is 27.1. The van der Waals surface area contributed by atoms with Crippen LogP contribution in [0.1, 0.15) is 82.4 Å². The minimum atomic E-state index is -2.42. The molecule has 0 N–H and O–H groups in total. The van der Waals surface area contributed by atoms with E-state index in [0.29, 0.717) is 29.0 Å². The van der Waals surface area contributed by atoms with Crippen molar-refractivity contribution < 1.29 is 37.1 Å². The van der Waals surface area contributed by atoms with Crippen molar-refractivity contribution in [2.24, 2.45) is 0 Å². The molecule has 12 nitrogen and oxygen atoms in total. The molecule has 0 bridgehead atoms. The predicted octanol–water partition coefficient (Wildman–Crippen LogP) is 9.04. The summed E-state index contributed by atoms with van der Waals surface area (Å²) in [6.07, 6.45) is 0.986. The van der Waals surface area contributed by atoms with Gasteiger partial charge in [0.15, 0.2) is 36.8 Å². The third-order valence-corrected chi connectivity index (χ3v) is 25.0. The van der Waals surface area contributed by atoms with E-state index in [9.17, 15) is 9.59 Å². The largest absolute Gasteiger partial charge is 0.426 e. The molecule has 1 aromatic carbocycles. The molecule has 0 radical (unpaired) electrons. The Morgan fingerprint density at radius 3 is 1.70 bits per heavy atom. The lowest BCUT2D eigenvalue weighted by Crippen LogP contribution is -2.54. The van der Waals surface area contributed by atoms with Crippen LogP contribution in [-0.4, -0.2) is 81.3 Å². The molecule has 1 aliphatic heterocycles. The molecule has 0 amide bonds. The van der Waals surface area contributed by atoms with Gasteiger partial charge in [-0.3, -0.25) is 14.2 Å². The van der Waals surface area contributed by atoms with Gasteiger partial charge in [0, 0.05) is 13.8 Å². The van der Waals surface area contributed by atoms with E-state index in [1.54, 1.807) is 24.5 Å². The molecule has 1 fully saturated rings. The van der Waals surface area contributed by atoms with E-state index in [4.69, 9.17) is 37.5 Å². The molecule has 0 aliphatic carbocycles. The van der Waals surface area contributed by atoms with Crippen LogP contribution < -0.4 is 9.47 Å². The smallest absolute Gasteiger partial charge is 0.308 e. The zero-order valence-corrected chi connectivity index (χ0v) is 38.0. The van der Waals surface area contributed by atoms with E-state index >= 15 is 0 Å². The average Bonchev–Trinajstić information content (AvgIpc) is 3.55. The summed E-state index contributed by atoms with van der Waals surface area (Å²) < 4.78 is 41.6. The van der Waals surface area contributed by atoms with E-state index in [1.165, 1.54) is 20.2 Å². The van der Waals surface area contributed by atoms with Crippen LogP contribution in [0.3, 0.4) is 0 Å². The summed E-state index contributed by atoms with van der Waals surface area (Å²) in [6, 6.07) is 4.88. The van der Waals surface area contributed by atoms with Gasteiger partial charge in [0.1, 0.15) is 47.3 Å². The first-order chi connectivity index (χ1) is 24.1. The summed E-state index contributed by atoms with van der Waals surface area (Å²) >= 11 is 0. The molecule has 0 spiro atoms. The maximum absolute atomic E-state index is 12.2. The van der Waals surface area contributed by atoms with Crippen molar-refractivity contribution in [1.82, 2.24) is 19.5 Å². The van der Waals surface area contributed by atoms with Crippen molar-refractivity contribution in [2.75, 3.05) is 6.61 Å². The number of hydrogen-bond acceptors (Lipinski definition) is 11. The summed E-state index contributed by atoms with van der Waals surface area (Å²) in [7, 11) is -6.97. The number of rotatable bonds is 11. The number of benzene rings is 1. The van der Waals surface area contributed by atoms with Crippen LogP contribution in [-0.2, 0) is 27.6 Å². The van der Waals surface area contributed by atoms with Crippen LogP contribution in [0.2, 0.25) is 54.4 Å². The normalized spacial score (nSPS) is 20.5. The van der Waals surface area contributed by atoms with Crippen LogP contribution in [0, 0.1) is 0 Å². The third-order valence-electron chi connectivity index (χ3n) is 11.5. The summed E-state index contributed by atoms with van der Waals surface area (Å²) in [6.45, 7) is 36.5. The van der Waals surface area contributed by atoms with Gasteiger partial charge < -0.3 is 27.5 Å². The molecule has 2 aromatic heterocycles. The molecular weight excluding hydrogens is 725 g/mol. The highest BCUT2D eigenvalue weighted by Crippen LogP contribution is 2.48. The maximum atomic E-state index is 12.2. The predicted molar refractivity (Wildman–Crippen MR) is 215 cm³/mol. The molecule has 4 atom stereocenters. The molecule has 0 unspecified atom stereocenters. The SMILES string of the molecule is CC(=O)Oc1cccc(OC(C)=O)c1-c1ncnc2c1ncn2[C@@H]1O[C@H](CO[Si](C)(C)C(C)(C)C)[C@@H](O[Si](C)(C)C(C)(C)C)[C@H]1O[Si](C)(C)C(C)(C)C. The Labute approximate surface area is 319 Å². The first-order valence-electron chi connectivity index (χ1n) is 18.4. The topological polar surface area (TPSA) is 133 Å². The van der Waals surface area contributed by atoms with Gasteiger partial charge in [-0.15, -0.1) is 0 Å². The van der Waals surface area contributed by atoms with Gasteiger partial charge in [0.05, 0.1) is 18.5 Å². The lowest BCUT2D eigenvalue weighted by atomic mass is 10.1. The molecule has 1 aliphatic rings. The Morgan fingerprint density at radius 1 is 0.736 bits per heavy atom. The third kappa shape index (κ3) is 9.19. The van der Waals surface area contributed by atoms with Crippen LogP contribution in [0.5, 0.6) is 11.5 Å². The highest BCUT2D eigenvalue weighted by Gasteiger charge is 2.55. The number of imidazole rings is 1. The summed E-state index contributed by atoms with van der Waals surface area (Å²) in [5.74, 6) is -0.725. The Bertz CT molecular complexity index is 1770. The molecule has 15 heteroatoms. The number of nitrogens with zero attached hydrogens (tertiary/aromatic N) is 4. The van der Waals surface area contributed by atoms with Gasteiger partial charge in [-0.2, -0.15) is 0 Å². The van der Waals surface area contributed by atoms with Crippen LogP contribution in [0.4, 0.5) is 0 Å². The summed E-state index contributed by atoms with van der Waals surface area (Å²) in [4.78, 5) is 38.4. The summed E-state index contributed by atoms with van der Waals surface area (Å²) in [5.41, 5.74) is 1.50. The van der Waals surface area contributed by atoms with Gasteiger partial charge in [-0.05, 0) is 66.5 Å². The zero-order chi connectivity index (χ0) is 40.1. The zero-order valence-electron chi connectivity index (χ0n) is 35.0. The molecule has 53 heavy (non-hydrogen) atoms. The lowest BCUT2D eigenvalue weighted by molar-refractivity contribution is -0.132. The fourth-order valence-corrected chi connectivity index (χ4v) is 8.94. The molecule has 1 saturated heterocycles. The maximum Gasteiger partial charge on any atom is 0.308 e. The molecule has 3 aromatic rings. The van der Waals surface area contributed by atoms with E-state index in [2.05, 4.69) is 107 Å². The fourth-order valence-electron chi connectivity index (χ4n) is 5.32. The van der Waals surface area contributed by atoms with Crippen molar-refractivity contribution in [3.05, 3.63) is 30.9 Å². The Kier molecular flexibility index (Phi) is 12.2. The van der Waals surface area contributed by atoms with Crippen molar-refractivity contribution in [3.8, 4) is 22.8 Å². The number of hydrogen-bond donors (Lipinski definition) is 0. The second-order valence-electron chi connectivity index (χ2n) is 18.7. The van der Waals surface area contributed by atoms with Gasteiger partial charge in [-0.25, -0.2) is 15.0 Å². The number of fused-ring (bicyclic) bond motifs is 1. The summed E-state index contributed by atoms with van der Waals surface area (Å²) in [5, 5.41) is -0.177. The van der Waals surface area contributed by atoms with Crippen molar-refractivity contribution in [3.63, 3.8) is 0 Å². The van der Waals surface area contributed by atoms with Gasteiger partial charge in [0.2, 0.25) is 0 Å². The second-order valence-corrected chi connectivity index (χ2v) is 33.0. The highest BCUT2D eigenvalue weighted by atomic mass is 28.4. The van der Waals surface area contributed by atoms with E-state index in [1.807, 2.05) is 4.57 Å². The molecular formula is C38H62N4O8Si3. The Balaban J connectivity index is 1.94. The van der Waals surface area contributed by atoms with Gasteiger partial charge in [0.25, 0.3) is 0 Å². The Hall–Kier alpha value is -2.80. The van der Waals surface area contributed by atoms with Gasteiger partial charge in [-0.1, -0.05) is 68.4 Å². The first kappa shape index (κ1) is 42.9. The Morgan fingerprint density at radius 2 is 1.23 bits per heavy atom.